The van der Waals surface area contributed by atoms with Gasteiger partial charge in [-0.05, 0) is 37.1 Å². The molecule has 0 atom stereocenters. The first-order valence-electron chi connectivity index (χ1n) is 6.73. The average molecular weight is 285 g/mol. The van der Waals surface area contributed by atoms with Crippen molar-refractivity contribution >= 4 is 5.84 Å². The fourth-order valence-electron chi connectivity index (χ4n) is 1.89. The fraction of sp³-hybridized carbons (Fsp3) is 0.250. The lowest BCUT2D eigenvalue weighted by Crippen LogP contribution is -2.15. The number of hydrogen-bond donors (Lipinski definition) is 1. The fourth-order valence-corrected chi connectivity index (χ4v) is 1.89. The number of benzene rings is 1. The lowest BCUT2D eigenvalue weighted by Gasteiger charge is -2.11. The molecule has 0 aliphatic rings. The molecule has 0 saturated heterocycles. The lowest BCUT2D eigenvalue weighted by atomic mass is 10.1. The van der Waals surface area contributed by atoms with Crippen molar-refractivity contribution in [1.82, 2.24) is 4.98 Å². The number of para-hydroxylation sites is 1. The number of ether oxygens (including phenoxy) is 1. The highest BCUT2D eigenvalue weighted by Crippen LogP contribution is 2.21. The van der Waals surface area contributed by atoms with Crippen LogP contribution in [0.1, 0.15) is 16.7 Å². The van der Waals surface area contributed by atoms with Gasteiger partial charge in [0.15, 0.2) is 12.4 Å². The molecule has 0 amide bonds. The van der Waals surface area contributed by atoms with E-state index in [1.165, 1.54) is 0 Å². The van der Waals surface area contributed by atoms with Crippen molar-refractivity contribution in [2.75, 3.05) is 13.2 Å². The van der Waals surface area contributed by atoms with Crippen LogP contribution >= 0.6 is 0 Å². The number of hydrogen-bond acceptors (Lipinski definition) is 4. The Bertz CT molecular complexity index is 592. The number of oxime groups is 1. The minimum Gasteiger partial charge on any atom is -0.489 e. The monoisotopic (exact) mass is 285 g/mol. The van der Waals surface area contributed by atoms with Gasteiger partial charge >= 0.3 is 0 Å². The Morgan fingerprint density at radius 3 is 2.57 bits per heavy atom. The van der Waals surface area contributed by atoms with E-state index in [4.69, 9.17) is 15.3 Å². The number of rotatable bonds is 6. The third-order valence-corrected chi connectivity index (χ3v) is 2.95. The summed E-state index contributed by atoms with van der Waals surface area (Å²) >= 11 is 0. The molecule has 0 spiro atoms. The Kier molecular flexibility index (Phi) is 5.15. The normalized spacial score (nSPS) is 11.2. The number of nitrogens with zero attached hydrogens (tertiary/aromatic N) is 2. The van der Waals surface area contributed by atoms with Gasteiger partial charge in [0.2, 0.25) is 0 Å². The summed E-state index contributed by atoms with van der Waals surface area (Å²) in [5, 5.41) is 3.84. The molecule has 2 aromatic rings. The van der Waals surface area contributed by atoms with Crippen molar-refractivity contribution in [2.24, 2.45) is 10.9 Å². The number of nitrogens with two attached hydrogens (primary N) is 1. The van der Waals surface area contributed by atoms with E-state index in [2.05, 4.69) is 10.1 Å². The molecule has 0 fully saturated rings. The molecule has 21 heavy (non-hydrogen) atoms. The second kappa shape index (κ2) is 7.28. The van der Waals surface area contributed by atoms with Crippen LogP contribution in [0.25, 0.3) is 0 Å². The zero-order valence-electron chi connectivity index (χ0n) is 12.2. The summed E-state index contributed by atoms with van der Waals surface area (Å²) in [4.78, 5) is 9.13. The van der Waals surface area contributed by atoms with Crippen LogP contribution in [0.2, 0.25) is 0 Å². The Morgan fingerprint density at radius 2 is 1.90 bits per heavy atom. The molecular weight excluding hydrogens is 266 g/mol. The molecule has 1 aromatic heterocycles. The molecule has 2 N–H and O–H groups in total. The summed E-state index contributed by atoms with van der Waals surface area (Å²) in [5.74, 6) is 1.19. The number of aryl methyl sites for hydroxylation is 2. The van der Waals surface area contributed by atoms with Crippen LogP contribution < -0.4 is 10.5 Å². The van der Waals surface area contributed by atoms with Crippen LogP contribution in [-0.4, -0.2) is 24.0 Å². The predicted molar refractivity (Wildman–Crippen MR) is 82.3 cm³/mol. The first kappa shape index (κ1) is 14.8. The summed E-state index contributed by atoms with van der Waals surface area (Å²) in [6.45, 7) is 4.77. The second-order valence-electron chi connectivity index (χ2n) is 4.62. The molecule has 0 aliphatic carbocycles. The third kappa shape index (κ3) is 4.21. The van der Waals surface area contributed by atoms with Gasteiger partial charge in [-0.25, -0.2) is 0 Å². The van der Waals surface area contributed by atoms with Crippen molar-refractivity contribution in [1.29, 1.82) is 0 Å². The van der Waals surface area contributed by atoms with Crippen molar-refractivity contribution in [2.45, 2.75) is 13.8 Å². The first-order chi connectivity index (χ1) is 10.2. The van der Waals surface area contributed by atoms with Crippen molar-refractivity contribution < 1.29 is 9.57 Å². The van der Waals surface area contributed by atoms with E-state index in [0.717, 1.165) is 22.4 Å². The zero-order valence-corrected chi connectivity index (χ0v) is 12.2. The highest BCUT2D eigenvalue weighted by atomic mass is 16.6. The van der Waals surface area contributed by atoms with E-state index >= 15 is 0 Å². The molecule has 5 nitrogen and oxygen atoms in total. The van der Waals surface area contributed by atoms with Crippen LogP contribution in [-0.2, 0) is 4.84 Å². The molecule has 2 rings (SSSR count). The van der Waals surface area contributed by atoms with Gasteiger partial charge in [-0.3, -0.25) is 4.98 Å². The van der Waals surface area contributed by atoms with Crippen LogP contribution in [0.15, 0.2) is 47.9 Å². The van der Waals surface area contributed by atoms with Gasteiger partial charge in [0.1, 0.15) is 12.4 Å². The van der Waals surface area contributed by atoms with Gasteiger partial charge in [-0.2, -0.15) is 0 Å². The maximum absolute atomic E-state index is 5.78. The second-order valence-corrected chi connectivity index (χ2v) is 4.62. The molecule has 1 heterocycles. The Morgan fingerprint density at radius 1 is 1.14 bits per heavy atom. The summed E-state index contributed by atoms with van der Waals surface area (Å²) in [5.41, 5.74) is 8.72. The highest BCUT2D eigenvalue weighted by Gasteiger charge is 2.03. The minimum absolute atomic E-state index is 0.301. The topological polar surface area (TPSA) is 69.7 Å². The Labute approximate surface area is 124 Å². The van der Waals surface area contributed by atoms with E-state index in [-0.39, 0.29) is 0 Å². The molecule has 1 aromatic carbocycles. The first-order valence-corrected chi connectivity index (χ1v) is 6.73. The lowest BCUT2D eigenvalue weighted by molar-refractivity contribution is 0.106. The molecule has 0 saturated carbocycles. The van der Waals surface area contributed by atoms with Crippen molar-refractivity contribution in [3.05, 3.63) is 59.4 Å². The van der Waals surface area contributed by atoms with E-state index in [1.54, 1.807) is 18.5 Å². The molecule has 5 heteroatoms. The summed E-state index contributed by atoms with van der Waals surface area (Å²) in [6.07, 6.45) is 3.31. The largest absolute Gasteiger partial charge is 0.489 e. The van der Waals surface area contributed by atoms with E-state index in [1.807, 2.05) is 38.1 Å². The van der Waals surface area contributed by atoms with Gasteiger partial charge in [-0.15, -0.1) is 0 Å². The van der Waals surface area contributed by atoms with Gasteiger partial charge in [0.25, 0.3) is 0 Å². The van der Waals surface area contributed by atoms with Crippen LogP contribution in [0, 0.1) is 13.8 Å². The maximum atomic E-state index is 5.78. The summed E-state index contributed by atoms with van der Waals surface area (Å²) < 4.78 is 5.71. The van der Waals surface area contributed by atoms with E-state index in [0.29, 0.717) is 19.0 Å². The maximum Gasteiger partial charge on any atom is 0.171 e. The average Bonchev–Trinajstić information content (AvgIpc) is 2.50. The molecule has 0 unspecified atom stereocenters. The zero-order chi connectivity index (χ0) is 15.1. The molecule has 0 aliphatic heterocycles. The van der Waals surface area contributed by atoms with E-state index < -0.39 is 0 Å². The third-order valence-electron chi connectivity index (χ3n) is 2.95. The summed E-state index contributed by atoms with van der Waals surface area (Å²) in [6, 6.07) is 9.65. The van der Waals surface area contributed by atoms with Gasteiger partial charge in [0.05, 0.1) is 0 Å². The van der Waals surface area contributed by atoms with Crippen LogP contribution in [0.3, 0.4) is 0 Å². The number of pyridine rings is 1. The summed E-state index contributed by atoms with van der Waals surface area (Å²) in [7, 11) is 0. The highest BCUT2D eigenvalue weighted by molar-refractivity contribution is 5.96. The van der Waals surface area contributed by atoms with Gasteiger partial charge in [0, 0.05) is 18.0 Å². The molecular formula is C16H19N3O2. The van der Waals surface area contributed by atoms with Crippen LogP contribution in [0.5, 0.6) is 5.75 Å². The SMILES string of the molecule is Cc1cccc(C)c1OCCO/N=C(\N)c1cccnc1. The predicted octanol–water partition coefficient (Wildman–Crippen LogP) is 2.41. The Hall–Kier alpha value is -2.56. The quantitative estimate of drug-likeness (QED) is 0.383. The number of amidine groups is 1. The van der Waals surface area contributed by atoms with Crippen molar-refractivity contribution in [3.8, 4) is 5.75 Å². The Balaban J connectivity index is 1.80. The van der Waals surface area contributed by atoms with Gasteiger partial charge < -0.3 is 15.3 Å². The van der Waals surface area contributed by atoms with Crippen molar-refractivity contribution in [3.63, 3.8) is 0 Å². The van der Waals surface area contributed by atoms with Crippen LogP contribution in [0.4, 0.5) is 0 Å². The molecule has 0 radical (unpaired) electrons. The molecule has 110 valence electrons. The smallest absolute Gasteiger partial charge is 0.171 e. The minimum atomic E-state index is 0.301. The molecule has 0 bridgehead atoms. The van der Waals surface area contributed by atoms with E-state index in [9.17, 15) is 0 Å². The van der Waals surface area contributed by atoms with Gasteiger partial charge in [-0.1, -0.05) is 23.4 Å². The standard InChI is InChI=1S/C16H19N3O2/c1-12-5-3-6-13(2)15(12)20-9-10-21-19-16(17)14-7-4-8-18-11-14/h3-8,11H,9-10H2,1-2H3,(H2,17,19). The number of aromatic nitrogens is 1.